The summed E-state index contributed by atoms with van der Waals surface area (Å²) >= 11 is 0. The fourth-order valence-corrected chi connectivity index (χ4v) is 5.59. The minimum Gasteiger partial charge on any atom is -0.453 e. The number of ether oxygens (including phenoxy) is 2. The van der Waals surface area contributed by atoms with Gasteiger partial charge in [-0.2, -0.15) is 52.7 Å². The summed E-state index contributed by atoms with van der Waals surface area (Å²) in [4.78, 5) is 27.7. The molecule has 2 amide bonds. The van der Waals surface area contributed by atoms with E-state index in [1.54, 1.807) is 0 Å². The molecule has 1 aliphatic carbocycles. The van der Waals surface area contributed by atoms with Gasteiger partial charge in [-0.3, -0.25) is 9.80 Å². The van der Waals surface area contributed by atoms with Gasteiger partial charge in [-0.25, -0.2) is 9.59 Å². The van der Waals surface area contributed by atoms with Crippen LogP contribution in [0.25, 0.3) is 0 Å². The molecule has 4 rings (SSSR count). The molecule has 0 spiro atoms. The maximum atomic E-state index is 14.1. The summed E-state index contributed by atoms with van der Waals surface area (Å²) in [5.41, 5.74) is -10.0. The molecule has 0 bridgehead atoms. The number of amides is 2. The molecule has 47 heavy (non-hydrogen) atoms. The van der Waals surface area contributed by atoms with Gasteiger partial charge in [0.2, 0.25) is 0 Å². The first-order chi connectivity index (χ1) is 21.4. The highest BCUT2D eigenvalue weighted by atomic mass is 19.4. The number of anilines is 1. The van der Waals surface area contributed by atoms with Crippen molar-refractivity contribution in [3.63, 3.8) is 0 Å². The standard InChI is InChI=1S/C29H26F12N2O4/c1-13(2)47-25(45)43-21(15-4-5-15)11-22(18-9-19(28(36,37)38)20(10-23(18)43)29(39,40)41)42(24(44)46-3)12-14-6-16(26(30,31)32)8-17(7-14)27(33,34)35/h6-10,13,15,21-22H,4-5,11-12H2,1-3H3/t21-,22-/m1/s1. The molecule has 260 valence electrons. The number of alkyl halides is 12. The highest BCUT2D eigenvalue weighted by Gasteiger charge is 2.51. The molecular formula is C29H26F12N2O4. The monoisotopic (exact) mass is 694 g/mol. The van der Waals surface area contributed by atoms with Crippen molar-refractivity contribution >= 4 is 17.9 Å². The zero-order valence-corrected chi connectivity index (χ0v) is 24.6. The molecular weight excluding hydrogens is 668 g/mol. The van der Waals surface area contributed by atoms with Crippen molar-refractivity contribution in [1.82, 2.24) is 4.90 Å². The lowest BCUT2D eigenvalue weighted by atomic mass is 9.85. The van der Waals surface area contributed by atoms with Crippen LogP contribution < -0.4 is 4.90 Å². The van der Waals surface area contributed by atoms with Crippen molar-refractivity contribution in [1.29, 1.82) is 0 Å². The summed E-state index contributed by atoms with van der Waals surface area (Å²) in [5.74, 6) is -0.438. The quantitative estimate of drug-likeness (QED) is 0.293. The molecule has 6 nitrogen and oxygen atoms in total. The van der Waals surface area contributed by atoms with Gasteiger partial charge in [0.1, 0.15) is 0 Å². The van der Waals surface area contributed by atoms with E-state index >= 15 is 0 Å². The molecule has 0 N–H and O–H groups in total. The molecule has 0 radical (unpaired) electrons. The predicted octanol–water partition coefficient (Wildman–Crippen LogP) is 9.61. The molecule has 2 aliphatic rings. The number of hydrogen-bond acceptors (Lipinski definition) is 4. The van der Waals surface area contributed by atoms with E-state index in [2.05, 4.69) is 0 Å². The van der Waals surface area contributed by atoms with Crippen LogP contribution in [-0.4, -0.2) is 36.3 Å². The Bertz CT molecular complexity index is 1480. The number of halogens is 12. The largest absolute Gasteiger partial charge is 0.453 e. The van der Waals surface area contributed by atoms with Crippen LogP contribution in [0.3, 0.4) is 0 Å². The van der Waals surface area contributed by atoms with Gasteiger partial charge in [0, 0.05) is 12.6 Å². The van der Waals surface area contributed by atoms with Gasteiger partial charge in [-0.15, -0.1) is 0 Å². The Morgan fingerprint density at radius 1 is 0.809 bits per heavy atom. The van der Waals surface area contributed by atoms with Gasteiger partial charge in [0.25, 0.3) is 0 Å². The third kappa shape index (κ3) is 7.83. The van der Waals surface area contributed by atoms with Crippen LogP contribution in [0.1, 0.15) is 72.5 Å². The summed E-state index contributed by atoms with van der Waals surface area (Å²) < 4.78 is 176. The number of nitrogens with zero attached hydrogens (tertiary/aromatic N) is 2. The van der Waals surface area contributed by atoms with Gasteiger partial charge in [-0.05, 0) is 80.5 Å². The maximum absolute atomic E-state index is 14.1. The van der Waals surface area contributed by atoms with Crippen LogP contribution in [0.2, 0.25) is 0 Å². The summed E-state index contributed by atoms with van der Waals surface area (Å²) in [5, 5.41) is 0. The molecule has 1 saturated carbocycles. The van der Waals surface area contributed by atoms with Gasteiger partial charge in [0.05, 0.1) is 47.2 Å². The second kappa shape index (κ2) is 12.3. The molecule has 2 aromatic rings. The Morgan fingerprint density at radius 3 is 1.74 bits per heavy atom. The first kappa shape index (κ1) is 36.0. The minimum absolute atomic E-state index is 0.0742. The smallest absolute Gasteiger partial charge is 0.417 e. The van der Waals surface area contributed by atoms with E-state index in [-0.39, 0.29) is 18.2 Å². The lowest BCUT2D eigenvalue weighted by molar-refractivity contribution is -0.162. The topological polar surface area (TPSA) is 59.1 Å². The SMILES string of the molecule is COC(=O)N(Cc1cc(C(F)(F)F)cc(C(F)(F)F)c1)[C@@H]1C[C@H](C2CC2)N(C(=O)OC(C)C)c2cc(C(F)(F)F)c(C(F)(F)F)cc21. The van der Waals surface area contributed by atoms with Crippen LogP contribution in [0, 0.1) is 5.92 Å². The molecule has 0 saturated heterocycles. The number of carbonyl (C=O) groups excluding carboxylic acids is 2. The van der Waals surface area contributed by atoms with Crippen LogP contribution in [0.4, 0.5) is 68.0 Å². The van der Waals surface area contributed by atoms with Crippen LogP contribution in [0.15, 0.2) is 30.3 Å². The molecule has 1 aliphatic heterocycles. The second-order valence-corrected chi connectivity index (χ2v) is 11.4. The van der Waals surface area contributed by atoms with Gasteiger partial charge in [-0.1, -0.05) is 0 Å². The van der Waals surface area contributed by atoms with Crippen molar-refractivity contribution in [2.24, 2.45) is 5.92 Å². The third-order valence-electron chi connectivity index (χ3n) is 7.68. The summed E-state index contributed by atoms with van der Waals surface area (Å²) in [6, 6.07) is -2.21. The number of carbonyl (C=O) groups is 2. The van der Waals surface area contributed by atoms with Crippen molar-refractivity contribution in [3.05, 3.63) is 63.7 Å². The zero-order chi connectivity index (χ0) is 35.4. The lowest BCUT2D eigenvalue weighted by Crippen LogP contribution is -2.50. The maximum Gasteiger partial charge on any atom is 0.417 e. The Hall–Kier alpha value is -3.86. The van der Waals surface area contributed by atoms with Gasteiger partial charge < -0.3 is 9.47 Å². The minimum atomic E-state index is -5.63. The van der Waals surface area contributed by atoms with E-state index in [1.807, 2.05) is 0 Å². The average molecular weight is 695 g/mol. The Balaban J connectivity index is 1.99. The van der Waals surface area contributed by atoms with Gasteiger partial charge >= 0.3 is 36.9 Å². The molecule has 1 heterocycles. The van der Waals surface area contributed by atoms with Crippen molar-refractivity contribution in [2.45, 2.75) is 82.5 Å². The average Bonchev–Trinajstić information content (AvgIpc) is 3.77. The van der Waals surface area contributed by atoms with Gasteiger partial charge in [0.15, 0.2) is 0 Å². The summed E-state index contributed by atoms with van der Waals surface area (Å²) in [7, 11) is 0.783. The van der Waals surface area contributed by atoms with Crippen LogP contribution in [0.5, 0.6) is 0 Å². The molecule has 18 heteroatoms. The molecule has 1 fully saturated rings. The number of rotatable bonds is 5. The van der Waals surface area contributed by atoms with Crippen LogP contribution >= 0.6 is 0 Å². The molecule has 0 unspecified atom stereocenters. The van der Waals surface area contributed by atoms with E-state index in [9.17, 15) is 62.3 Å². The van der Waals surface area contributed by atoms with E-state index < -0.39 is 113 Å². The van der Waals surface area contributed by atoms with E-state index in [4.69, 9.17) is 9.47 Å². The molecule has 0 aromatic heterocycles. The molecule has 2 atom stereocenters. The summed E-state index contributed by atoms with van der Waals surface area (Å²) in [6.07, 6.45) is -24.9. The number of hydrogen-bond donors (Lipinski definition) is 0. The summed E-state index contributed by atoms with van der Waals surface area (Å²) in [6.45, 7) is 1.73. The zero-order valence-electron chi connectivity index (χ0n) is 24.6. The second-order valence-electron chi connectivity index (χ2n) is 11.4. The molecule has 2 aromatic carbocycles. The highest BCUT2D eigenvalue weighted by Crippen LogP contribution is 2.52. The number of benzene rings is 2. The third-order valence-corrected chi connectivity index (χ3v) is 7.68. The predicted molar refractivity (Wildman–Crippen MR) is 139 cm³/mol. The van der Waals surface area contributed by atoms with E-state index in [1.165, 1.54) is 13.8 Å². The normalized spacial score (nSPS) is 19.0. The fourth-order valence-electron chi connectivity index (χ4n) is 5.59. The first-order valence-electron chi connectivity index (χ1n) is 13.9. The highest BCUT2D eigenvalue weighted by molar-refractivity contribution is 5.91. The Kier molecular flexibility index (Phi) is 9.42. The fraction of sp³-hybridized carbons (Fsp3) is 0.517. The van der Waals surface area contributed by atoms with Crippen molar-refractivity contribution in [2.75, 3.05) is 12.0 Å². The van der Waals surface area contributed by atoms with Crippen molar-refractivity contribution < 1.29 is 71.7 Å². The number of methoxy groups -OCH3 is 1. The Labute approximate surface area is 259 Å². The lowest BCUT2D eigenvalue weighted by Gasteiger charge is -2.44. The van der Waals surface area contributed by atoms with E-state index in [0.717, 1.165) is 12.0 Å². The number of fused-ring (bicyclic) bond motifs is 1. The Morgan fingerprint density at radius 2 is 1.32 bits per heavy atom. The van der Waals surface area contributed by atoms with Crippen molar-refractivity contribution in [3.8, 4) is 0 Å². The van der Waals surface area contributed by atoms with Crippen LogP contribution in [-0.2, 0) is 40.7 Å². The van der Waals surface area contributed by atoms with E-state index in [0.29, 0.717) is 29.9 Å². The first-order valence-corrected chi connectivity index (χ1v) is 13.9.